The van der Waals surface area contributed by atoms with E-state index in [9.17, 15) is 9.59 Å². The second-order valence-electron chi connectivity index (χ2n) is 5.89. The number of ether oxygens (including phenoxy) is 3. The fourth-order valence-corrected chi connectivity index (χ4v) is 3.44. The van der Waals surface area contributed by atoms with Gasteiger partial charge in [-0.15, -0.1) is 0 Å². The first-order valence-electron chi connectivity index (χ1n) is 7.80. The van der Waals surface area contributed by atoms with Crippen molar-refractivity contribution in [2.75, 3.05) is 27.3 Å². The lowest BCUT2D eigenvalue weighted by Crippen LogP contribution is -2.47. The number of fused-ring (bicyclic) bond motifs is 1. The number of nitrogens with zero attached hydrogens (tertiary/aromatic N) is 1. The predicted molar refractivity (Wildman–Crippen MR) is 82.5 cm³/mol. The SMILES string of the molecule is COC(=O)OC1CN(C2CCc3ccc(OC)cc32)CCC1=O. The summed E-state index contributed by atoms with van der Waals surface area (Å²) >= 11 is 0. The van der Waals surface area contributed by atoms with Crippen molar-refractivity contribution in [2.24, 2.45) is 0 Å². The van der Waals surface area contributed by atoms with Crippen LogP contribution in [0.1, 0.15) is 30.0 Å². The van der Waals surface area contributed by atoms with Crippen LogP contribution in [0.3, 0.4) is 0 Å². The number of aryl methyl sites for hydroxylation is 1. The molecule has 0 bridgehead atoms. The quantitative estimate of drug-likeness (QED) is 0.795. The van der Waals surface area contributed by atoms with E-state index < -0.39 is 12.3 Å². The van der Waals surface area contributed by atoms with E-state index in [0.717, 1.165) is 18.6 Å². The van der Waals surface area contributed by atoms with Crippen molar-refractivity contribution in [2.45, 2.75) is 31.4 Å². The topological polar surface area (TPSA) is 65.1 Å². The molecule has 23 heavy (non-hydrogen) atoms. The molecule has 0 spiro atoms. The van der Waals surface area contributed by atoms with E-state index in [1.54, 1.807) is 7.11 Å². The second kappa shape index (κ2) is 6.58. The lowest BCUT2D eigenvalue weighted by molar-refractivity contribution is -0.134. The number of piperidine rings is 1. The van der Waals surface area contributed by atoms with E-state index in [-0.39, 0.29) is 11.8 Å². The van der Waals surface area contributed by atoms with Gasteiger partial charge in [0.2, 0.25) is 0 Å². The van der Waals surface area contributed by atoms with Crippen LogP contribution in [0, 0.1) is 0 Å². The third-order valence-corrected chi connectivity index (χ3v) is 4.65. The highest BCUT2D eigenvalue weighted by molar-refractivity contribution is 5.85. The molecule has 1 aliphatic carbocycles. The predicted octanol–water partition coefficient (Wildman–Crippen LogP) is 2.11. The van der Waals surface area contributed by atoms with Crippen LogP contribution in [0.15, 0.2) is 18.2 Å². The molecule has 0 N–H and O–H groups in total. The molecule has 1 aromatic carbocycles. The summed E-state index contributed by atoms with van der Waals surface area (Å²) in [5.41, 5.74) is 2.56. The Labute approximate surface area is 135 Å². The van der Waals surface area contributed by atoms with Gasteiger partial charge in [0, 0.05) is 25.6 Å². The maximum Gasteiger partial charge on any atom is 0.508 e. The maximum atomic E-state index is 12.0. The largest absolute Gasteiger partial charge is 0.508 e. The molecular weight excluding hydrogens is 298 g/mol. The molecule has 6 heteroatoms. The van der Waals surface area contributed by atoms with E-state index in [2.05, 4.69) is 21.8 Å². The highest BCUT2D eigenvalue weighted by atomic mass is 16.7. The van der Waals surface area contributed by atoms with Gasteiger partial charge in [-0.25, -0.2) is 4.79 Å². The Morgan fingerprint density at radius 1 is 1.26 bits per heavy atom. The van der Waals surface area contributed by atoms with Crippen molar-refractivity contribution in [3.63, 3.8) is 0 Å². The average Bonchev–Trinajstić information content (AvgIpc) is 2.99. The molecule has 1 saturated heterocycles. The Morgan fingerprint density at radius 2 is 2.09 bits per heavy atom. The van der Waals surface area contributed by atoms with E-state index in [1.807, 2.05) is 6.07 Å². The van der Waals surface area contributed by atoms with Crippen LogP contribution in [0.5, 0.6) is 5.75 Å². The molecule has 124 valence electrons. The van der Waals surface area contributed by atoms with Gasteiger partial charge >= 0.3 is 6.16 Å². The van der Waals surface area contributed by atoms with Crippen molar-refractivity contribution in [3.05, 3.63) is 29.3 Å². The first-order valence-corrected chi connectivity index (χ1v) is 7.80. The number of hydrogen-bond acceptors (Lipinski definition) is 6. The summed E-state index contributed by atoms with van der Waals surface area (Å²) in [6.45, 7) is 1.09. The Balaban J connectivity index is 1.76. The van der Waals surface area contributed by atoms with Crippen LogP contribution >= 0.6 is 0 Å². The Morgan fingerprint density at radius 3 is 2.83 bits per heavy atom. The summed E-state index contributed by atoms with van der Waals surface area (Å²) in [6, 6.07) is 6.38. The minimum atomic E-state index is -0.807. The molecule has 1 fully saturated rings. The molecule has 2 aliphatic rings. The third kappa shape index (κ3) is 3.17. The number of likely N-dealkylation sites (tertiary alicyclic amines) is 1. The maximum absolute atomic E-state index is 12.0. The molecule has 1 aromatic rings. The summed E-state index contributed by atoms with van der Waals surface area (Å²) in [5.74, 6) is 0.793. The molecule has 0 amide bonds. The van der Waals surface area contributed by atoms with E-state index in [1.165, 1.54) is 18.2 Å². The fourth-order valence-electron chi connectivity index (χ4n) is 3.44. The molecule has 0 aromatic heterocycles. The molecule has 6 nitrogen and oxygen atoms in total. The van der Waals surface area contributed by atoms with E-state index in [4.69, 9.17) is 9.47 Å². The van der Waals surface area contributed by atoms with Crippen molar-refractivity contribution < 1.29 is 23.8 Å². The normalized spacial score (nSPS) is 24.2. The molecular formula is C17H21NO5. The van der Waals surface area contributed by atoms with Gasteiger partial charge in [0.15, 0.2) is 11.9 Å². The highest BCUT2D eigenvalue weighted by Gasteiger charge is 2.36. The summed E-state index contributed by atoms with van der Waals surface area (Å²) in [7, 11) is 2.90. The van der Waals surface area contributed by atoms with Crippen LogP contribution in [0.4, 0.5) is 4.79 Å². The molecule has 1 aliphatic heterocycles. The van der Waals surface area contributed by atoms with Crippen LogP contribution in [-0.2, 0) is 20.7 Å². The number of carbonyl (C=O) groups is 2. The number of methoxy groups -OCH3 is 2. The van der Waals surface area contributed by atoms with Gasteiger partial charge in [-0.3, -0.25) is 9.69 Å². The van der Waals surface area contributed by atoms with Crippen molar-refractivity contribution >= 4 is 11.9 Å². The summed E-state index contributed by atoms with van der Waals surface area (Å²) in [6.07, 6.45) is 0.848. The van der Waals surface area contributed by atoms with Gasteiger partial charge in [-0.05, 0) is 36.1 Å². The molecule has 1 heterocycles. The number of carbonyl (C=O) groups excluding carboxylic acids is 2. The summed E-state index contributed by atoms with van der Waals surface area (Å²) in [4.78, 5) is 25.5. The van der Waals surface area contributed by atoms with Crippen molar-refractivity contribution in [1.29, 1.82) is 0 Å². The van der Waals surface area contributed by atoms with Crippen LogP contribution in [-0.4, -0.2) is 50.3 Å². The third-order valence-electron chi connectivity index (χ3n) is 4.65. The molecule has 0 saturated carbocycles. The van der Waals surface area contributed by atoms with Crippen LogP contribution in [0.25, 0.3) is 0 Å². The van der Waals surface area contributed by atoms with Crippen LogP contribution in [0.2, 0.25) is 0 Å². The van der Waals surface area contributed by atoms with Gasteiger partial charge in [-0.2, -0.15) is 0 Å². The number of rotatable bonds is 3. The Kier molecular flexibility index (Phi) is 4.52. The highest BCUT2D eigenvalue weighted by Crippen LogP contribution is 2.38. The van der Waals surface area contributed by atoms with Gasteiger partial charge in [0.05, 0.1) is 14.2 Å². The number of benzene rings is 1. The molecule has 3 rings (SSSR count). The minimum absolute atomic E-state index is 0.0458. The lowest BCUT2D eigenvalue weighted by atomic mass is 10.0. The van der Waals surface area contributed by atoms with Crippen LogP contribution < -0.4 is 4.74 Å². The van der Waals surface area contributed by atoms with Gasteiger partial charge in [-0.1, -0.05) is 6.07 Å². The first kappa shape index (κ1) is 15.8. The number of hydrogen-bond donors (Lipinski definition) is 0. The summed E-state index contributed by atoms with van der Waals surface area (Å²) in [5, 5.41) is 0. The molecule has 2 unspecified atom stereocenters. The zero-order chi connectivity index (χ0) is 16.4. The minimum Gasteiger partial charge on any atom is -0.497 e. The first-order chi connectivity index (χ1) is 11.1. The second-order valence-corrected chi connectivity index (χ2v) is 5.89. The van der Waals surface area contributed by atoms with E-state index in [0.29, 0.717) is 19.5 Å². The van der Waals surface area contributed by atoms with Gasteiger partial charge in [0.1, 0.15) is 5.75 Å². The van der Waals surface area contributed by atoms with E-state index >= 15 is 0 Å². The van der Waals surface area contributed by atoms with Gasteiger partial charge < -0.3 is 14.2 Å². The number of Topliss-reactive ketones (excluding diaryl/α,β-unsaturated/α-hetero) is 1. The fraction of sp³-hybridized carbons (Fsp3) is 0.529. The van der Waals surface area contributed by atoms with Gasteiger partial charge in [0.25, 0.3) is 0 Å². The average molecular weight is 319 g/mol. The zero-order valence-corrected chi connectivity index (χ0v) is 13.4. The molecule has 2 atom stereocenters. The summed E-state index contributed by atoms with van der Waals surface area (Å²) < 4.78 is 14.9. The standard InChI is InChI=1S/C17H21NO5/c1-21-12-5-3-11-4-6-14(13(11)9-12)18-8-7-15(19)16(10-18)23-17(20)22-2/h3,5,9,14,16H,4,6-8,10H2,1-2H3. The Hall–Kier alpha value is -2.08. The molecule has 0 radical (unpaired) electrons. The Bertz CT molecular complexity index is 615. The number of ketones is 1. The monoisotopic (exact) mass is 319 g/mol. The van der Waals surface area contributed by atoms with Crippen molar-refractivity contribution in [1.82, 2.24) is 4.90 Å². The smallest absolute Gasteiger partial charge is 0.497 e. The zero-order valence-electron chi connectivity index (χ0n) is 13.4. The van der Waals surface area contributed by atoms with Crippen molar-refractivity contribution in [3.8, 4) is 5.75 Å². The lowest BCUT2D eigenvalue weighted by Gasteiger charge is -2.35.